The molecule has 1 aromatic carbocycles. The Morgan fingerprint density at radius 3 is 2.13 bits per heavy atom. The Kier molecular flexibility index (Phi) is 3.51. The van der Waals surface area contributed by atoms with E-state index in [2.05, 4.69) is 20.8 Å². The molecule has 0 spiro atoms. The summed E-state index contributed by atoms with van der Waals surface area (Å²) in [5.74, 6) is 0.965. The van der Waals surface area contributed by atoms with Gasteiger partial charge < -0.3 is 4.74 Å². The van der Waals surface area contributed by atoms with Crippen molar-refractivity contribution in [2.24, 2.45) is 5.41 Å². The van der Waals surface area contributed by atoms with E-state index < -0.39 is 0 Å². The maximum atomic E-state index is 11.8. The molecule has 0 aromatic heterocycles. The van der Waals surface area contributed by atoms with Crippen LogP contribution in [0.2, 0.25) is 0 Å². The summed E-state index contributed by atoms with van der Waals surface area (Å²) in [7, 11) is 1.62. The van der Waals surface area contributed by atoms with Gasteiger partial charge in [-0.05, 0) is 29.7 Å². The number of carbonyl (C=O) groups is 1. The third-order valence-corrected chi connectivity index (χ3v) is 2.10. The Labute approximate surface area is 91.3 Å². The van der Waals surface area contributed by atoms with Crippen LogP contribution >= 0.6 is 0 Å². The summed E-state index contributed by atoms with van der Waals surface area (Å²) in [5, 5.41) is 0. The van der Waals surface area contributed by atoms with Crippen LogP contribution in [0.25, 0.3) is 0 Å². The molecule has 0 radical (unpaired) electrons. The number of carbonyl (C=O) groups excluding carboxylic acids is 1. The van der Waals surface area contributed by atoms with E-state index in [1.54, 1.807) is 7.11 Å². The van der Waals surface area contributed by atoms with Crippen molar-refractivity contribution in [2.45, 2.75) is 27.2 Å². The molecule has 0 atom stereocenters. The first-order valence-corrected chi connectivity index (χ1v) is 5.09. The number of benzene rings is 1. The van der Waals surface area contributed by atoms with Crippen molar-refractivity contribution in [1.29, 1.82) is 0 Å². The minimum Gasteiger partial charge on any atom is -0.497 e. The van der Waals surface area contributed by atoms with Crippen molar-refractivity contribution in [3.05, 3.63) is 29.8 Å². The molecule has 2 nitrogen and oxygen atoms in total. The van der Waals surface area contributed by atoms with E-state index in [9.17, 15) is 4.79 Å². The molecule has 1 aromatic rings. The zero-order chi connectivity index (χ0) is 11.5. The van der Waals surface area contributed by atoms with Crippen LogP contribution in [0.4, 0.5) is 0 Å². The quantitative estimate of drug-likeness (QED) is 0.709. The fourth-order valence-corrected chi connectivity index (χ4v) is 1.36. The minimum atomic E-state index is 0.0387. The molecule has 0 aliphatic carbocycles. The summed E-state index contributed by atoms with van der Waals surface area (Å²) in [4.78, 5) is 11.8. The van der Waals surface area contributed by atoms with Crippen LogP contribution in [0, 0.1) is 5.41 Å². The van der Waals surface area contributed by atoms with Gasteiger partial charge in [0.05, 0.1) is 7.11 Å². The molecule has 0 amide bonds. The lowest BCUT2D eigenvalue weighted by Crippen LogP contribution is -2.12. The second kappa shape index (κ2) is 4.47. The molecule has 1 rings (SSSR count). The summed E-state index contributed by atoms with van der Waals surface area (Å²) < 4.78 is 5.04. The zero-order valence-corrected chi connectivity index (χ0v) is 9.83. The largest absolute Gasteiger partial charge is 0.497 e. The van der Waals surface area contributed by atoms with E-state index in [1.807, 2.05) is 24.3 Å². The van der Waals surface area contributed by atoms with E-state index >= 15 is 0 Å². The monoisotopic (exact) mass is 206 g/mol. The first-order valence-electron chi connectivity index (χ1n) is 5.09. The number of ketones is 1. The lowest BCUT2D eigenvalue weighted by atomic mass is 9.88. The van der Waals surface area contributed by atoms with Crippen LogP contribution in [-0.2, 0) is 0 Å². The predicted octanol–water partition coefficient (Wildman–Crippen LogP) is 3.31. The Bertz CT molecular complexity index is 331. The summed E-state index contributed by atoms with van der Waals surface area (Å²) in [6, 6.07) is 7.26. The normalized spacial score (nSPS) is 11.2. The fraction of sp³-hybridized carbons (Fsp3) is 0.462. The molecular formula is C13H18O2. The van der Waals surface area contributed by atoms with Crippen LogP contribution in [-0.4, -0.2) is 12.9 Å². The highest BCUT2D eigenvalue weighted by Gasteiger charge is 2.17. The molecule has 0 unspecified atom stereocenters. The maximum Gasteiger partial charge on any atom is 0.163 e. The van der Waals surface area contributed by atoms with Gasteiger partial charge in [-0.1, -0.05) is 20.8 Å². The first-order chi connectivity index (χ1) is 6.92. The van der Waals surface area contributed by atoms with Crippen LogP contribution in [0.5, 0.6) is 5.75 Å². The lowest BCUT2D eigenvalue weighted by molar-refractivity contribution is 0.0940. The molecule has 0 N–H and O–H groups in total. The minimum absolute atomic E-state index is 0.0387. The Hall–Kier alpha value is -1.31. The average Bonchev–Trinajstić information content (AvgIpc) is 2.15. The van der Waals surface area contributed by atoms with E-state index in [-0.39, 0.29) is 11.2 Å². The topological polar surface area (TPSA) is 26.3 Å². The van der Waals surface area contributed by atoms with Gasteiger partial charge in [0.2, 0.25) is 0 Å². The summed E-state index contributed by atoms with van der Waals surface area (Å²) in [5.41, 5.74) is 0.794. The number of methoxy groups -OCH3 is 1. The summed E-state index contributed by atoms with van der Waals surface area (Å²) in [6.07, 6.45) is 0.569. The molecular weight excluding hydrogens is 188 g/mol. The number of hydrogen-bond donors (Lipinski definition) is 0. The van der Waals surface area contributed by atoms with Crippen molar-refractivity contribution in [2.75, 3.05) is 7.11 Å². The molecule has 15 heavy (non-hydrogen) atoms. The fourth-order valence-electron chi connectivity index (χ4n) is 1.36. The highest BCUT2D eigenvalue weighted by Crippen LogP contribution is 2.22. The molecule has 0 saturated carbocycles. The van der Waals surface area contributed by atoms with Gasteiger partial charge in [-0.25, -0.2) is 0 Å². The average molecular weight is 206 g/mol. The van der Waals surface area contributed by atoms with Crippen LogP contribution < -0.4 is 4.74 Å². The van der Waals surface area contributed by atoms with Crippen LogP contribution in [0.15, 0.2) is 24.3 Å². The predicted molar refractivity (Wildman–Crippen MR) is 61.4 cm³/mol. The summed E-state index contributed by atoms with van der Waals surface area (Å²) in [6.45, 7) is 6.19. The highest BCUT2D eigenvalue weighted by atomic mass is 16.5. The van der Waals surface area contributed by atoms with E-state index in [1.165, 1.54) is 0 Å². The maximum absolute atomic E-state index is 11.8. The van der Waals surface area contributed by atoms with Gasteiger partial charge in [-0.15, -0.1) is 0 Å². The number of Topliss-reactive ketones (excluding diaryl/α,β-unsaturated/α-hetero) is 1. The van der Waals surface area contributed by atoms with E-state index in [0.29, 0.717) is 6.42 Å². The molecule has 2 heteroatoms. The Morgan fingerprint density at radius 2 is 1.73 bits per heavy atom. The third-order valence-electron chi connectivity index (χ3n) is 2.10. The van der Waals surface area contributed by atoms with Crippen LogP contribution in [0.3, 0.4) is 0 Å². The first kappa shape index (κ1) is 11.8. The van der Waals surface area contributed by atoms with Gasteiger partial charge in [0.1, 0.15) is 5.75 Å². The van der Waals surface area contributed by atoms with E-state index in [0.717, 1.165) is 11.3 Å². The standard InChI is InChI=1S/C13H18O2/c1-13(2,3)9-12(14)10-5-7-11(15-4)8-6-10/h5-8H,9H2,1-4H3. The van der Waals surface area contributed by atoms with Gasteiger partial charge in [0.15, 0.2) is 5.78 Å². The Balaban J connectivity index is 2.75. The zero-order valence-electron chi connectivity index (χ0n) is 9.83. The highest BCUT2D eigenvalue weighted by molar-refractivity contribution is 5.96. The molecule has 0 saturated heterocycles. The van der Waals surface area contributed by atoms with Crippen LogP contribution in [0.1, 0.15) is 37.6 Å². The Morgan fingerprint density at radius 1 is 1.20 bits per heavy atom. The molecule has 0 aliphatic heterocycles. The van der Waals surface area contributed by atoms with Crippen molar-refractivity contribution < 1.29 is 9.53 Å². The van der Waals surface area contributed by atoms with Gasteiger partial charge in [0, 0.05) is 12.0 Å². The molecule has 0 heterocycles. The van der Waals surface area contributed by atoms with Crippen molar-refractivity contribution in [1.82, 2.24) is 0 Å². The van der Waals surface area contributed by atoms with Crippen molar-refractivity contribution in [3.8, 4) is 5.75 Å². The second-order valence-electron chi connectivity index (χ2n) is 4.89. The number of ether oxygens (including phenoxy) is 1. The van der Waals surface area contributed by atoms with Crippen molar-refractivity contribution >= 4 is 5.78 Å². The van der Waals surface area contributed by atoms with Gasteiger partial charge in [0.25, 0.3) is 0 Å². The summed E-state index contributed by atoms with van der Waals surface area (Å²) >= 11 is 0. The second-order valence-corrected chi connectivity index (χ2v) is 4.89. The SMILES string of the molecule is COc1ccc(C(=O)CC(C)(C)C)cc1. The molecule has 0 aliphatic rings. The molecule has 0 fully saturated rings. The molecule has 82 valence electrons. The van der Waals surface area contributed by atoms with Gasteiger partial charge in [-0.2, -0.15) is 0 Å². The van der Waals surface area contributed by atoms with Gasteiger partial charge in [-0.3, -0.25) is 4.79 Å². The van der Waals surface area contributed by atoms with E-state index in [4.69, 9.17) is 4.74 Å². The van der Waals surface area contributed by atoms with Crippen molar-refractivity contribution in [3.63, 3.8) is 0 Å². The molecule has 0 bridgehead atoms. The third kappa shape index (κ3) is 3.74. The number of rotatable bonds is 3. The van der Waals surface area contributed by atoms with Gasteiger partial charge >= 0.3 is 0 Å². The lowest BCUT2D eigenvalue weighted by Gasteiger charge is -2.16. The number of hydrogen-bond acceptors (Lipinski definition) is 2. The smallest absolute Gasteiger partial charge is 0.163 e.